The molecule has 0 atom stereocenters. The molecule has 0 spiro atoms. The molecule has 2 rings (SSSR count). The van der Waals surface area contributed by atoms with E-state index in [1.165, 1.54) is 15.4 Å². The molecule has 0 aliphatic heterocycles. The standard InChI is InChI=1S/C19H22S.2C2H6/c1-4-15-20(16-5-2,18-9-7-6-8-10-18)19-13-11-17(3)12-14-19;2*1-2/h4-14H,1-2,15-16H2,3H3;2*1-2H3. The van der Waals surface area contributed by atoms with E-state index >= 15 is 0 Å². The lowest BCUT2D eigenvalue weighted by atomic mass is 10.2. The van der Waals surface area contributed by atoms with Gasteiger partial charge in [-0.25, -0.2) is 0 Å². The first-order chi connectivity index (χ1) is 11.7. The van der Waals surface area contributed by atoms with Crippen molar-refractivity contribution in [2.45, 2.75) is 44.4 Å². The van der Waals surface area contributed by atoms with Crippen molar-refractivity contribution in [3.8, 4) is 0 Å². The van der Waals surface area contributed by atoms with Gasteiger partial charge in [-0.3, -0.25) is 0 Å². The van der Waals surface area contributed by atoms with E-state index in [4.69, 9.17) is 0 Å². The van der Waals surface area contributed by atoms with Crippen molar-refractivity contribution in [2.24, 2.45) is 0 Å². The summed E-state index contributed by atoms with van der Waals surface area (Å²) in [5, 5.41) is 0. The van der Waals surface area contributed by atoms with E-state index in [0.29, 0.717) is 0 Å². The highest BCUT2D eigenvalue weighted by atomic mass is 32.3. The molecule has 2 aromatic rings. The van der Waals surface area contributed by atoms with Gasteiger partial charge in [0.25, 0.3) is 0 Å². The molecule has 0 nitrogen and oxygen atoms in total. The second-order valence-electron chi connectivity index (χ2n) is 4.92. The molecule has 0 aromatic heterocycles. The molecule has 1 heteroatoms. The van der Waals surface area contributed by atoms with Gasteiger partial charge in [-0.2, -0.15) is 10.0 Å². The van der Waals surface area contributed by atoms with Crippen molar-refractivity contribution in [3.63, 3.8) is 0 Å². The van der Waals surface area contributed by atoms with E-state index in [1.807, 2.05) is 39.8 Å². The normalized spacial score (nSPS) is 10.4. The van der Waals surface area contributed by atoms with Gasteiger partial charge in [0.05, 0.1) is 0 Å². The van der Waals surface area contributed by atoms with E-state index in [2.05, 4.69) is 74.7 Å². The van der Waals surface area contributed by atoms with Gasteiger partial charge in [-0.05, 0) is 41.0 Å². The summed E-state index contributed by atoms with van der Waals surface area (Å²) in [6.45, 7) is 18.1. The Morgan fingerprint density at radius 3 is 1.54 bits per heavy atom. The zero-order valence-corrected chi connectivity index (χ0v) is 16.9. The van der Waals surface area contributed by atoms with Crippen LogP contribution in [0.1, 0.15) is 33.3 Å². The van der Waals surface area contributed by atoms with Crippen molar-refractivity contribution < 1.29 is 0 Å². The van der Waals surface area contributed by atoms with Crippen molar-refractivity contribution in [1.29, 1.82) is 0 Å². The number of rotatable bonds is 6. The van der Waals surface area contributed by atoms with Crippen LogP contribution in [0.5, 0.6) is 0 Å². The third-order valence-corrected chi connectivity index (χ3v) is 7.43. The Labute approximate surface area is 151 Å². The number of aryl methyl sites for hydroxylation is 1. The summed E-state index contributed by atoms with van der Waals surface area (Å²) in [5.74, 6) is 1.98. The molecule has 0 unspecified atom stereocenters. The van der Waals surface area contributed by atoms with Crippen LogP contribution in [0, 0.1) is 6.92 Å². The molecule has 0 amide bonds. The molecule has 0 aliphatic carbocycles. The molecule has 132 valence electrons. The lowest BCUT2D eigenvalue weighted by Gasteiger charge is -2.39. The van der Waals surface area contributed by atoms with Crippen molar-refractivity contribution >= 4 is 10.0 Å². The predicted octanol–water partition coefficient (Wildman–Crippen LogP) is 7.64. The van der Waals surface area contributed by atoms with E-state index < -0.39 is 10.0 Å². The van der Waals surface area contributed by atoms with Crippen molar-refractivity contribution in [3.05, 3.63) is 85.5 Å². The number of hydrogen-bond acceptors (Lipinski definition) is 0. The molecule has 0 N–H and O–H groups in total. The molecule has 0 fully saturated rings. The fourth-order valence-electron chi connectivity index (χ4n) is 2.47. The Balaban J connectivity index is 0.00000123. The second-order valence-corrected chi connectivity index (χ2v) is 8.30. The third kappa shape index (κ3) is 5.72. The highest BCUT2D eigenvalue weighted by Gasteiger charge is 2.25. The first-order valence-electron chi connectivity index (χ1n) is 8.85. The van der Waals surface area contributed by atoms with Gasteiger partial charge in [0.1, 0.15) is 0 Å². The van der Waals surface area contributed by atoms with Crippen LogP contribution in [0.2, 0.25) is 0 Å². The molecule has 2 aromatic carbocycles. The first-order valence-corrected chi connectivity index (χ1v) is 10.8. The Bertz CT molecular complexity index is 557. The molecule has 0 bridgehead atoms. The van der Waals surface area contributed by atoms with Gasteiger partial charge in [-0.15, -0.1) is 13.2 Å². The van der Waals surface area contributed by atoms with Crippen LogP contribution in [0.25, 0.3) is 0 Å². The second kappa shape index (κ2) is 12.7. The maximum atomic E-state index is 3.98. The van der Waals surface area contributed by atoms with Gasteiger partial charge in [0.2, 0.25) is 0 Å². The molecule has 0 radical (unpaired) electrons. The Kier molecular flexibility index (Phi) is 11.8. The number of hydrogen-bond donors (Lipinski definition) is 0. The smallest absolute Gasteiger partial charge is 0.00323 e. The Morgan fingerprint density at radius 2 is 1.12 bits per heavy atom. The molecular formula is C23H34S. The lowest BCUT2D eigenvalue weighted by molar-refractivity contribution is 1.30. The lowest BCUT2D eigenvalue weighted by Crippen LogP contribution is -2.09. The minimum atomic E-state index is -1.11. The highest BCUT2D eigenvalue weighted by Crippen LogP contribution is 2.62. The summed E-state index contributed by atoms with van der Waals surface area (Å²) in [7, 11) is -1.11. The molecule has 0 saturated heterocycles. The quantitative estimate of drug-likeness (QED) is 0.473. The summed E-state index contributed by atoms with van der Waals surface area (Å²) in [5.41, 5.74) is 1.30. The van der Waals surface area contributed by atoms with Crippen molar-refractivity contribution in [2.75, 3.05) is 11.5 Å². The van der Waals surface area contributed by atoms with Crippen LogP contribution in [0.3, 0.4) is 0 Å². The maximum absolute atomic E-state index is 3.98. The van der Waals surface area contributed by atoms with E-state index in [-0.39, 0.29) is 0 Å². The summed E-state index contributed by atoms with van der Waals surface area (Å²) >= 11 is 0. The molecule has 24 heavy (non-hydrogen) atoms. The third-order valence-electron chi connectivity index (χ3n) is 3.47. The van der Waals surface area contributed by atoms with Crippen LogP contribution in [0.4, 0.5) is 0 Å². The molecular weight excluding hydrogens is 308 g/mol. The summed E-state index contributed by atoms with van der Waals surface area (Å²) in [4.78, 5) is 2.82. The van der Waals surface area contributed by atoms with Crippen LogP contribution in [0.15, 0.2) is 89.7 Å². The van der Waals surface area contributed by atoms with Gasteiger partial charge < -0.3 is 0 Å². The zero-order chi connectivity index (χ0) is 18.4. The fourth-order valence-corrected chi connectivity index (χ4v) is 5.79. The van der Waals surface area contributed by atoms with Crippen LogP contribution in [-0.2, 0) is 0 Å². The average Bonchev–Trinajstić information content (AvgIpc) is 2.66. The zero-order valence-electron chi connectivity index (χ0n) is 16.1. The Morgan fingerprint density at radius 1 is 0.708 bits per heavy atom. The van der Waals surface area contributed by atoms with E-state index in [9.17, 15) is 0 Å². The summed E-state index contributed by atoms with van der Waals surface area (Å²) < 4.78 is 0. The highest BCUT2D eigenvalue weighted by molar-refractivity contribution is 8.34. The van der Waals surface area contributed by atoms with Gasteiger partial charge >= 0.3 is 0 Å². The topological polar surface area (TPSA) is 0 Å². The summed E-state index contributed by atoms with van der Waals surface area (Å²) in [6, 6.07) is 19.7. The maximum Gasteiger partial charge on any atom is 0.00323 e. The van der Waals surface area contributed by atoms with Crippen LogP contribution in [-0.4, -0.2) is 11.5 Å². The van der Waals surface area contributed by atoms with Gasteiger partial charge in [0.15, 0.2) is 0 Å². The monoisotopic (exact) mass is 342 g/mol. The SMILES string of the molecule is C=CCS(CC=C)(c1ccccc1)c1ccc(C)cc1.CC.CC. The molecule has 0 aliphatic rings. The number of benzene rings is 2. The van der Waals surface area contributed by atoms with E-state index in [0.717, 1.165) is 11.5 Å². The summed E-state index contributed by atoms with van der Waals surface area (Å²) in [6.07, 6.45) is 4.09. The van der Waals surface area contributed by atoms with Crippen LogP contribution >= 0.6 is 10.0 Å². The minimum absolute atomic E-state index is 0.992. The largest absolute Gasteiger partial charge is 0.181 e. The van der Waals surface area contributed by atoms with Crippen LogP contribution < -0.4 is 0 Å². The molecule has 0 heterocycles. The van der Waals surface area contributed by atoms with E-state index in [1.54, 1.807) is 0 Å². The molecule has 0 saturated carbocycles. The predicted molar refractivity (Wildman–Crippen MR) is 115 cm³/mol. The average molecular weight is 343 g/mol. The van der Waals surface area contributed by atoms with Crippen molar-refractivity contribution in [1.82, 2.24) is 0 Å². The van der Waals surface area contributed by atoms with Gasteiger partial charge in [0, 0.05) is 11.5 Å². The fraction of sp³-hybridized carbons (Fsp3) is 0.304. The minimum Gasteiger partial charge on any atom is -0.181 e. The Hall–Kier alpha value is -1.73. The first kappa shape index (κ1) is 22.3. The van der Waals surface area contributed by atoms with Gasteiger partial charge in [-0.1, -0.05) is 75.7 Å².